The van der Waals surface area contributed by atoms with Gasteiger partial charge in [-0.25, -0.2) is 0 Å². The van der Waals surface area contributed by atoms with Crippen LogP contribution in [0.2, 0.25) is 0 Å². The minimum Gasteiger partial charge on any atom is -0.331 e. The number of carbonyl (C=O) groups is 3. The Balaban J connectivity index is 1.19. The minimum absolute atomic E-state index is 0.0311. The first kappa shape index (κ1) is 22.5. The summed E-state index contributed by atoms with van der Waals surface area (Å²) in [6.07, 6.45) is 5.45. The van der Waals surface area contributed by atoms with Gasteiger partial charge in [-0.15, -0.1) is 0 Å². The summed E-state index contributed by atoms with van der Waals surface area (Å²) in [5.74, 6) is -0.631. The summed E-state index contributed by atoms with van der Waals surface area (Å²) < 4.78 is 0. The molecule has 6 heteroatoms. The van der Waals surface area contributed by atoms with Gasteiger partial charge in [0.1, 0.15) is 6.04 Å². The molecule has 2 aliphatic heterocycles. The van der Waals surface area contributed by atoms with Crippen LogP contribution in [0.1, 0.15) is 36.4 Å². The van der Waals surface area contributed by atoms with E-state index in [0.29, 0.717) is 25.9 Å². The molecule has 2 saturated heterocycles. The Labute approximate surface area is 200 Å². The standard InChI is InChI=1S/C28H31N3O3/c32-25(15-16-31-27(33)23-13-7-8-14-24(23)28(31)34)29-17-19-30(20-18-29)26(21-9-3-1-4-10-21)22-11-5-2-6-12-22/h1-12,23-24,26H,13-20H2/p+1/t23-,24+. The van der Waals surface area contributed by atoms with E-state index in [9.17, 15) is 14.4 Å². The van der Waals surface area contributed by atoms with Crippen molar-refractivity contribution < 1.29 is 19.3 Å². The van der Waals surface area contributed by atoms with Gasteiger partial charge in [0, 0.05) is 24.1 Å². The molecular weight excluding hydrogens is 426 g/mol. The molecule has 0 bridgehead atoms. The topological polar surface area (TPSA) is 62.1 Å². The van der Waals surface area contributed by atoms with Crippen LogP contribution in [0, 0.1) is 11.8 Å². The number of carbonyl (C=O) groups excluding carboxylic acids is 3. The van der Waals surface area contributed by atoms with Crippen molar-refractivity contribution in [2.45, 2.75) is 25.3 Å². The van der Waals surface area contributed by atoms with E-state index in [4.69, 9.17) is 0 Å². The average molecular weight is 459 g/mol. The summed E-state index contributed by atoms with van der Waals surface area (Å²) in [5, 5.41) is 0. The van der Waals surface area contributed by atoms with Crippen LogP contribution in [0.5, 0.6) is 0 Å². The zero-order valence-corrected chi connectivity index (χ0v) is 19.4. The molecule has 0 spiro atoms. The molecule has 5 rings (SSSR count). The van der Waals surface area contributed by atoms with E-state index < -0.39 is 0 Å². The fraction of sp³-hybridized carbons (Fsp3) is 0.393. The van der Waals surface area contributed by atoms with Crippen molar-refractivity contribution in [1.29, 1.82) is 0 Å². The number of fused-ring (bicyclic) bond motifs is 1. The van der Waals surface area contributed by atoms with Crippen molar-refractivity contribution in [3.05, 3.63) is 83.9 Å². The van der Waals surface area contributed by atoms with Crippen molar-refractivity contribution in [1.82, 2.24) is 9.80 Å². The van der Waals surface area contributed by atoms with Gasteiger partial charge in [-0.3, -0.25) is 19.3 Å². The van der Waals surface area contributed by atoms with Gasteiger partial charge in [0.05, 0.1) is 38.0 Å². The molecule has 3 amide bonds. The van der Waals surface area contributed by atoms with Gasteiger partial charge in [-0.2, -0.15) is 0 Å². The van der Waals surface area contributed by atoms with Crippen LogP contribution in [0.15, 0.2) is 72.8 Å². The molecule has 176 valence electrons. The lowest BCUT2D eigenvalue weighted by Gasteiger charge is -2.37. The number of amides is 3. The molecule has 1 N–H and O–H groups in total. The van der Waals surface area contributed by atoms with E-state index in [1.165, 1.54) is 20.9 Å². The van der Waals surface area contributed by atoms with Gasteiger partial charge in [0.25, 0.3) is 0 Å². The van der Waals surface area contributed by atoms with Crippen molar-refractivity contribution in [2.24, 2.45) is 11.8 Å². The highest BCUT2D eigenvalue weighted by atomic mass is 16.2. The summed E-state index contributed by atoms with van der Waals surface area (Å²) in [6.45, 7) is 3.28. The van der Waals surface area contributed by atoms with Crippen LogP contribution in [0.4, 0.5) is 0 Å². The molecule has 0 aromatic heterocycles. The molecule has 6 nitrogen and oxygen atoms in total. The quantitative estimate of drug-likeness (QED) is 0.531. The predicted molar refractivity (Wildman–Crippen MR) is 129 cm³/mol. The molecule has 34 heavy (non-hydrogen) atoms. The van der Waals surface area contributed by atoms with E-state index in [-0.39, 0.29) is 48.6 Å². The first-order valence-electron chi connectivity index (χ1n) is 12.4. The molecule has 0 unspecified atom stereocenters. The first-order chi connectivity index (χ1) is 16.6. The molecule has 2 fully saturated rings. The van der Waals surface area contributed by atoms with Gasteiger partial charge in [-0.1, -0.05) is 72.8 Å². The van der Waals surface area contributed by atoms with Crippen LogP contribution < -0.4 is 4.90 Å². The van der Waals surface area contributed by atoms with E-state index in [2.05, 4.69) is 48.5 Å². The van der Waals surface area contributed by atoms with Crippen molar-refractivity contribution >= 4 is 17.7 Å². The number of rotatable bonds is 6. The van der Waals surface area contributed by atoms with Crippen molar-refractivity contribution in [2.75, 3.05) is 32.7 Å². The summed E-state index contributed by atoms with van der Waals surface area (Å²) in [5.41, 5.74) is 2.57. The van der Waals surface area contributed by atoms with Gasteiger partial charge in [0.2, 0.25) is 17.7 Å². The molecule has 0 radical (unpaired) electrons. The zero-order chi connectivity index (χ0) is 23.5. The van der Waals surface area contributed by atoms with Gasteiger partial charge in [-0.05, 0) is 12.8 Å². The summed E-state index contributed by atoms with van der Waals surface area (Å²) in [6, 6.07) is 21.4. The maximum Gasteiger partial charge on any atom is 0.233 e. The summed E-state index contributed by atoms with van der Waals surface area (Å²) in [7, 11) is 0. The van der Waals surface area contributed by atoms with Gasteiger partial charge < -0.3 is 9.80 Å². The highest BCUT2D eigenvalue weighted by Gasteiger charge is 2.47. The Bertz CT molecular complexity index is 995. The third-order valence-electron chi connectivity index (χ3n) is 7.58. The fourth-order valence-electron chi connectivity index (χ4n) is 5.74. The number of benzene rings is 2. The largest absolute Gasteiger partial charge is 0.331 e. The zero-order valence-electron chi connectivity index (χ0n) is 19.4. The number of likely N-dealkylation sites (tertiary alicyclic amines) is 1. The highest BCUT2D eigenvalue weighted by Crippen LogP contribution is 2.35. The van der Waals surface area contributed by atoms with Crippen LogP contribution in [0.25, 0.3) is 0 Å². The second-order valence-corrected chi connectivity index (χ2v) is 9.53. The number of hydrogen-bond acceptors (Lipinski definition) is 3. The minimum atomic E-state index is -0.229. The summed E-state index contributed by atoms with van der Waals surface area (Å²) >= 11 is 0. The lowest BCUT2D eigenvalue weighted by Crippen LogP contribution is -3.15. The lowest BCUT2D eigenvalue weighted by molar-refractivity contribution is -0.929. The molecule has 1 aliphatic carbocycles. The monoisotopic (exact) mass is 458 g/mol. The maximum absolute atomic E-state index is 13.0. The SMILES string of the molecule is O=C(CCN1C(=O)[C@H]2CC=CC[C@H]2C1=O)N1CC[NH+](C(c2ccccc2)c2ccccc2)CC1. The molecule has 2 aromatic rings. The maximum atomic E-state index is 13.0. The third kappa shape index (κ3) is 4.42. The first-order valence-corrected chi connectivity index (χ1v) is 12.4. The van der Waals surface area contributed by atoms with E-state index in [1.54, 1.807) is 0 Å². The van der Waals surface area contributed by atoms with Crippen LogP contribution in [-0.2, 0) is 14.4 Å². The fourth-order valence-corrected chi connectivity index (χ4v) is 5.74. The molecule has 0 saturated carbocycles. The van der Waals surface area contributed by atoms with Crippen LogP contribution in [0.3, 0.4) is 0 Å². The van der Waals surface area contributed by atoms with E-state index in [0.717, 1.165) is 13.1 Å². The number of hydrogen-bond donors (Lipinski definition) is 1. The number of piperazine rings is 1. The lowest BCUT2D eigenvalue weighted by atomic mass is 9.85. The Morgan fingerprint density at radius 2 is 1.32 bits per heavy atom. The van der Waals surface area contributed by atoms with Crippen molar-refractivity contribution in [3.63, 3.8) is 0 Å². The number of nitrogens with one attached hydrogen (secondary N) is 1. The normalized spacial score (nSPS) is 23.0. The van der Waals surface area contributed by atoms with Gasteiger partial charge in [0.15, 0.2) is 0 Å². The Morgan fingerprint density at radius 3 is 1.82 bits per heavy atom. The van der Waals surface area contributed by atoms with Crippen LogP contribution in [-0.4, -0.2) is 60.2 Å². The van der Waals surface area contributed by atoms with Gasteiger partial charge >= 0.3 is 0 Å². The molecular formula is C28H32N3O3+. The molecule has 3 aliphatic rings. The second kappa shape index (κ2) is 9.94. The third-order valence-corrected chi connectivity index (χ3v) is 7.58. The number of nitrogens with zero attached hydrogens (tertiary/aromatic N) is 2. The number of imide groups is 1. The Kier molecular flexibility index (Phi) is 6.59. The predicted octanol–water partition coefficient (Wildman–Crippen LogP) is 1.84. The average Bonchev–Trinajstić information content (AvgIpc) is 3.14. The smallest absolute Gasteiger partial charge is 0.233 e. The molecule has 2 heterocycles. The molecule has 2 aromatic carbocycles. The van der Waals surface area contributed by atoms with E-state index in [1.807, 2.05) is 29.2 Å². The Morgan fingerprint density at radius 1 is 0.824 bits per heavy atom. The Hall–Kier alpha value is -3.25. The van der Waals surface area contributed by atoms with Crippen molar-refractivity contribution in [3.8, 4) is 0 Å². The van der Waals surface area contributed by atoms with E-state index >= 15 is 0 Å². The second-order valence-electron chi connectivity index (χ2n) is 9.53. The summed E-state index contributed by atoms with van der Waals surface area (Å²) in [4.78, 5) is 43.0. The molecule has 2 atom stereocenters. The van der Waals surface area contributed by atoms with Crippen LogP contribution >= 0.6 is 0 Å². The number of allylic oxidation sites excluding steroid dienone is 2. The number of quaternary nitrogens is 1. The highest BCUT2D eigenvalue weighted by molar-refractivity contribution is 6.05.